The van der Waals surface area contributed by atoms with Crippen molar-refractivity contribution in [2.24, 2.45) is 7.05 Å². The predicted molar refractivity (Wildman–Crippen MR) is 135 cm³/mol. The van der Waals surface area contributed by atoms with Gasteiger partial charge in [-0.2, -0.15) is 18.3 Å². The molecule has 0 unspecified atom stereocenters. The zero-order chi connectivity index (χ0) is 28.3. The highest BCUT2D eigenvalue weighted by Gasteiger charge is 2.36. The van der Waals surface area contributed by atoms with Gasteiger partial charge >= 0.3 is 6.18 Å². The molecule has 2 aromatic carbocycles. The minimum absolute atomic E-state index is 0.0224. The summed E-state index contributed by atoms with van der Waals surface area (Å²) in [6.45, 7) is 1.27. The fourth-order valence-corrected chi connectivity index (χ4v) is 3.81. The molecule has 39 heavy (non-hydrogen) atoms. The van der Waals surface area contributed by atoms with Crippen molar-refractivity contribution in [1.82, 2.24) is 20.1 Å². The van der Waals surface area contributed by atoms with E-state index in [0.717, 1.165) is 6.07 Å². The van der Waals surface area contributed by atoms with Crippen LogP contribution >= 0.6 is 0 Å². The smallest absolute Gasteiger partial charge is 0.394 e. The number of anilines is 1. The summed E-state index contributed by atoms with van der Waals surface area (Å²) in [6.07, 6.45) is -2.21. The number of aliphatic hydroxyl groups excluding tert-OH is 1. The maximum atomic E-state index is 15.0. The molecule has 202 valence electrons. The molecule has 4 rings (SSSR count). The molecule has 0 aliphatic heterocycles. The molecule has 0 aliphatic carbocycles. The van der Waals surface area contributed by atoms with Crippen molar-refractivity contribution in [3.63, 3.8) is 0 Å². The number of aryl methyl sites for hydroxylation is 1. The van der Waals surface area contributed by atoms with Crippen LogP contribution in [0.1, 0.15) is 33.2 Å². The summed E-state index contributed by atoms with van der Waals surface area (Å²) in [5.74, 6) is -3.03. The molecule has 2 heterocycles. The van der Waals surface area contributed by atoms with Crippen LogP contribution in [0.3, 0.4) is 0 Å². The number of aromatic nitrogens is 3. The van der Waals surface area contributed by atoms with E-state index in [-0.39, 0.29) is 35.3 Å². The first kappa shape index (κ1) is 27.5. The summed E-state index contributed by atoms with van der Waals surface area (Å²) >= 11 is 0. The number of nitrogens with one attached hydrogen (secondary N) is 2. The summed E-state index contributed by atoms with van der Waals surface area (Å²) in [5.41, 5.74) is -1.64. The Balaban J connectivity index is 1.78. The molecule has 3 N–H and O–H groups in total. The number of halogens is 4. The largest absolute Gasteiger partial charge is 0.417 e. The Kier molecular flexibility index (Phi) is 7.77. The summed E-state index contributed by atoms with van der Waals surface area (Å²) in [5, 5.41) is 18.3. The molecule has 2 aromatic heterocycles. The van der Waals surface area contributed by atoms with Crippen LogP contribution in [-0.2, 0) is 13.2 Å². The molecule has 0 radical (unpaired) electrons. The normalized spacial score (nSPS) is 12.2. The van der Waals surface area contributed by atoms with Crippen molar-refractivity contribution in [2.45, 2.75) is 19.1 Å². The highest BCUT2D eigenvalue weighted by Crippen LogP contribution is 2.38. The first-order valence-corrected chi connectivity index (χ1v) is 11.7. The van der Waals surface area contributed by atoms with Crippen LogP contribution in [0.25, 0.3) is 22.5 Å². The summed E-state index contributed by atoms with van der Waals surface area (Å²) < 4.78 is 57.4. The molecule has 0 spiro atoms. The van der Waals surface area contributed by atoms with Crippen LogP contribution in [0.2, 0.25) is 0 Å². The maximum absolute atomic E-state index is 15.0. The molecule has 1 atom stereocenters. The van der Waals surface area contributed by atoms with Crippen molar-refractivity contribution in [3.05, 3.63) is 89.5 Å². The van der Waals surface area contributed by atoms with E-state index in [9.17, 15) is 32.3 Å². The third-order valence-electron chi connectivity index (χ3n) is 5.74. The number of nitrogens with zero attached hydrogens (tertiary/aromatic N) is 3. The first-order chi connectivity index (χ1) is 18.5. The van der Waals surface area contributed by atoms with Gasteiger partial charge in [0.1, 0.15) is 5.82 Å². The number of benzene rings is 2. The van der Waals surface area contributed by atoms with E-state index in [1.165, 1.54) is 36.3 Å². The number of carbonyl (C=O) groups excluding carboxylic acids is 2. The second-order valence-electron chi connectivity index (χ2n) is 8.75. The predicted octanol–water partition coefficient (Wildman–Crippen LogP) is 4.67. The molecule has 2 amide bonds. The number of hydrogen-bond donors (Lipinski definition) is 3. The second-order valence-corrected chi connectivity index (χ2v) is 8.75. The lowest BCUT2D eigenvalue weighted by Crippen LogP contribution is -2.35. The van der Waals surface area contributed by atoms with Gasteiger partial charge in [0.15, 0.2) is 0 Å². The fraction of sp³-hybridized carbons (Fsp3) is 0.185. The van der Waals surface area contributed by atoms with Gasteiger partial charge in [-0.25, -0.2) is 4.39 Å². The molecule has 0 saturated carbocycles. The first-order valence-electron chi connectivity index (χ1n) is 11.7. The third kappa shape index (κ3) is 6.12. The molecule has 12 heteroatoms. The van der Waals surface area contributed by atoms with Crippen molar-refractivity contribution >= 4 is 17.5 Å². The lowest BCUT2D eigenvalue weighted by atomic mass is 9.99. The van der Waals surface area contributed by atoms with Gasteiger partial charge in [0.05, 0.1) is 40.4 Å². The highest BCUT2D eigenvalue weighted by molar-refractivity contribution is 6.07. The zero-order valence-corrected chi connectivity index (χ0v) is 20.8. The quantitative estimate of drug-likeness (QED) is 0.295. The van der Waals surface area contributed by atoms with Gasteiger partial charge in [0.25, 0.3) is 11.8 Å². The molecular formula is C27H23F4N5O3. The third-order valence-corrected chi connectivity index (χ3v) is 5.74. The molecule has 0 saturated heterocycles. The summed E-state index contributed by atoms with van der Waals surface area (Å²) in [6, 6.07) is 11.7. The van der Waals surface area contributed by atoms with Gasteiger partial charge in [-0.1, -0.05) is 30.3 Å². The Morgan fingerprint density at radius 2 is 1.79 bits per heavy atom. The van der Waals surface area contributed by atoms with Crippen LogP contribution < -0.4 is 10.6 Å². The van der Waals surface area contributed by atoms with E-state index in [4.69, 9.17) is 0 Å². The van der Waals surface area contributed by atoms with Gasteiger partial charge in [-0.05, 0) is 31.2 Å². The van der Waals surface area contributed by atoms with E-state index < -0.39 is 46.5 Å². The topological polar surface area (TPSA) is 109 Å². The Morgan fingerprint density at radius 3 is 2.41 bits per heavy atom. The van der Waals surface area contributed by atoms with Crippen LogP contribution in [0.4, 0.5) is 23.2 Å². The van der Waals surface area contributed by atoms with Crippen molar-refractivity contribution < 1.29 is 32.3 Å². The number of rotatable bonds is 7. The Hall–Kier alpha value is -4.58. The van der Waals surface area contributed by atoms with Crippen LogP contribution in [0.15, 0.2) is 67.0 Å². The Labute approximate surface area is 220 Å². The van der Waals surface area contributed by atoms with Gasteiger partial charge in [0.2, 0.25) is 0 Å². The maximum Gasteiger partial charge on any atom is 0.417 e. The van der Waals surface area contributed by atoms with Crippen LogP contribution in [0, 0.1) is 5.82 Å². The van der Waals surface area contributed by atoms with E-state index in [1.807, 2.05) is 0 Å². The molecule has 0 bridgehead atoms. The fourth-order valence-electron chi connectivity index (χ4n) is 3.81. The molecule has 0 fully saturated rings. The van der Waals surface area contributed by atoms with E-state index in [1.54, 1.807) is 37.3 Å². The minimum Gasteiger partial charge on any atom is -0.394 e. The number of hydrogen-bond acceptors (Lipinski definition) is 5. The summed E-state index contributed by atoms with van der Waals surface area (Å²) in [4.78, 5) is 30.2. The molecule has 4 aromatic rings. The average Bonchev–Trinajstić information content (AvgIpc) is 3.34. The minimum atomic E-state index is -4.90. The summed E-state index contributed by atoms with van der Waals surface area (Å²) in [7, 11) is 1.51. The molecule has 8 nitrogen and oxygen atoms in total. The molecule has 0 aliphatic rings. The van der Waals surface area contributed by atoms with Crippen molar-refractivity contribution in [2.75, 3.05) is 11.9 Å². The lowest BCUT2D eigenvalue weighted by Gasteiger charge is -2.16. The second kappa shape index (κ2) is 11.0. The highest BCUT2D eigenvalue weighted by atomic mass is 19.4. The standard InChI is InChI=1S/C27H23F4N5O3/c1-15(14-37)33-25(38)17-10-23(24(32-13-17)16-6-4-3-5-7-16)34-26(39)19-11-18(22-8-9-36(2)35-22)20(12-21(19)28)27(29,30)31/h3-13,15,37H,14H2,1-2H3,(H,33,38)(H,34,39)/t15-/m0/s1. The Bertz CT molecular complexity index is 1520. The number of pyridine rings is 1. The van der Waals surface area contributed by atoms with E-state index in [2.05, 4.69) is 20.7 Å². The van der Waals surface area contributed by atoms with Gasteiger partial charge in [0, 0.05) is 36.6 Å². The number of aliphatic hydroxyl groups is 1. The van der Waals surface area contributed by atoms with E-state index >= 15 is 0 Å². The molecular weight excluding hydrogens is 518 g/mol. The SMILES string of the molecule is C[C@@H](CO)NC(=O)c1cnc(-c2ccccc2)c(NC(=O)c2cc(-c3ccn(C)n3)c(C(F)(F)F)cc2F)c1. The number of alkyl halides is 3. The van der Waals surface area contributed by atoms with Gasteiger partial charge < -0.3 is 15.7 Å². The lowest BCUT2D eigenvalue weighted by molar-refractivity contribution is -0.137. The monoisotopic (exact) mass is 541 g/mol. The van der Waals surface area contributed by atoms with Crippen molar-refractivity contribution in [3.8, 4) is 22.5 Å². The van der Waals surface area contributed by atoms with E-state index in [0.29, 0.717) is 5.56 Å². The van der Waals surface area contributed by atoms with Gasteiger partial charge in [-0.3, -0.25) is 19.3 Å². The van der Waals surface area contributed by atoms with Crippen LogP contribution in [0.5, 0.6) is 0 Å². The Morgan fingerprint density at radius 1 is 1.08 bits per heavy atom. The van der Waals surface area contributed by atoms with Gasteiger partial charge in [-0.15, -0.1) is 0 Å². The zero-order valence-electron chi connectivity index (χ0n) is 20.8. The number of carbonyl (C=O) groups is 2. The van der Waals surface area contributed by atoms with Crippen LogP contribution in [-0.4, -0.2) is 44.3 Å². The van der Waals surface area contributed by atoms with Crippen molar-refractivity contribution in [1.29, 1.82) is 0 Å². The number of amides is 2. The average molecular weight is 542 g/mol.